The number of nitrogens with one attached hydrogen (secondary N) is 1. The van der Waals surface area contributed by atoms with Gasteiger partial charge in [0.05, 0.1) is 0 Å². The molecule has 0 saturated carbocycles. The third-order valence-electron chi connectivity index (χ3n) is 2.98. The van der Waals surface area contributed by atoms with Gasteiger partial charge >= 0.3 is 0 Å². The molecule has 3 aromatic rings. The van der Waals surface area contributed by atoms with Gasteiger partial charge in [0.2, 0.25) is 5.91 Å². The minimum absolute atomic E-state index is 0.0813. The number of carbonyl (C=O) groups excluding carboxylic acids is 1. The van der Waals surface area contributed by atoms with Crippen LogP contribution in [0.25, 0.3) is 21.9 Å². The number of benzene rings is 2. The number of fused-ring (bicyclic) bond motifs is 3. The van der Waals surface area contributed by atoms with Gasteiger partial charge in [0.25, 0.3) is 0 Å². The number of amides is 1. The fourth-order valence-corrected chi connectivity index (χ4v) is 2.28. The Bertz CT molecular complexity index is 748. The molecule has 0 fully saturated rings. The number of alkyl halides is 1. The molecule has 3 rings (SSSR count). The van der Waals surface area contributed by atoms with Gasteiger partial charge < -0.3 is 9.73 Å². The van der Waals surface area contributed by atoms with E-state index in [0.717, 1.165) is 27.6 Å². The summed E-state index contributed by atoms with van der Waals surface area (Å²) in [6, 6.07) is 13.5. The summed E-state index contributed by atoms with van der Waals surface area (Å²) in [5.74, 6) is 0.241. The molecule has 0 saturated heterocycles. The van der Waals surface area contributed by atoms with Crippen LogP contribution in [0.5, 0.6) is 0 Å². The first kappa shape index (κ1) is 12.1. The molecule has 1 aromatic heterocycles. The molecule has 3 nitrogen and oxygen atoms in total. The Hall–Kier alpha value is -2.00. The monoisotopic (exact) mass is 273 g/mol. The van der Waals surface area contributed by atoms with Gasteiger partial charge in [-0.05, 0) is 24.3 Å². The number of carbonyl (C=O) groups is 1. The highest BCUT2D eigenvalue weighted by molar-refractivity contribution is 6.19. The molecular weight excluding hydrogens is 262 g/mol. The highest BCUT2D eigenvalue weighted by Crippen LogP contribution is 2.30. The van der Waals surface area contributed by atoms with Crippen molar-refractivity contribution in [2.24, 2.45) is 0 Å². The molecule has 96 valence electrons. The van der Waals surface area contributed by atoms with Crippen LogP contribution in [0.3, 0.4) is 0 Å². The normalized spacial score (nSPS) is 11.0. The summed E-state index contributed by atoms with van der Waals surface area (Å²) in [4.78, 5) is 11.5. The lowest BCUT2D eigenvalue weighted by Gasteiger charge is -2.03. The second kappa shape index (κ2) is 4.94. The van der Waals surface area contributed by atoms with Gasteiger partial charge in [-0.2, -0.15) is 0 Å². The second-order valence-electron chi connectivity index (χ2n) is 4.30. The lowest BCUT2D eigenvalue weighted by atomic mass is 10.1. The molecule has 0 spiro atoms. The van der Waals surface area contributed by atoms with Gasteiger partial charge in [-0.1, -0.05) is 18.2 Å². The Kier molecular flexibility index (Phi) is 3.13. The molecule has 0 bridgehead atoms. The summed E-state index contributed by atoms with van der Waals surface area (Å²) in [6.45, 7) is 0. The number of halogens is 1. The Labute approximate surface area is 115 Å². The van der Waals surface area contributed by atoms with E-state index in [4.69, 9.17) is 16.0 Å². The van der Waals surface area contributed by atoms with Crippen LogP contribution in [0.15, 0.2) is 46.9 Å². The van der Waals surface area contributed by atoms with Gasteiger partial charge in [-0.3, -0.25) is 4.79 Å². The molecule has 0 aliphatic carbocycles. The summed E-state index contributed by atoms with van der Waals surface area (Å²) in [7, 11) is 0. The fraction of sp³-hybridized carbons (Fsp3) is 0.133. The molecule has 19 heavy (non-hydrogen) atoms. The van der Waals surface area contributed by atoms with E-state index in [1.807, 2.05) is 42.5 Å². The van der Waals surface area contributed by atoms with E-state index in [-0.39, 0.29) is 5.91 Å². The molecular formula is C15H12ClNO2. The highest BCUT2D eigenvalue weighted by atomic mass is 35.5. The van der Waals surface area contributed by atoms with Crippen LogP contribution < -0.4 is 5.32 Å². The average molecular weight is 274 g/mol. The highest BCUT2D eigenvalue weighted by Gasteiger charge is 2.08. The maximum Gasteiger partial charge on any atom is 0.225 e. The van der Waals surface area contributed by atoms with Crippen LogP contribution in [0.2, 0.25) is 0 Å². The van der Waals surface area contributed by atoms with Crippen molar-refractivity contribution in [3.63, 3.8) is 0 Å². The van der Waals surface area contributed by atoms with E-state index < -0.39 is 0 Å². The Morgan fingerprint density at radius 2 is 1.89 bits per heavy atom. The summed E-state index contributed by atoms with van der Waals surface area (Å²) < 4.78 is 5.73. The Morgan fingerprint density at radius 1 is 1.11 bits per heavy atom. The first-order chi connectivity index (χ1) is 9.28. The van der Waals surface area contributed by atoms with Gasteiger partial charge in [-0.25, -0.2) is 0 Å². The summed E-state index contributed by atoms with van der Waals surface area (Å²) >= 11 is 5.54. The van der Waals surface area contributed by atoms with E-state index >= 15 is 0 Å². The van der Waals surface area contributed by atoms with Crippen LogP contribution in [0.4, 0.5) is 5.69 Å². The molecule has 0 atom stereocenters. The number of para-hydroxylation sites is 1. The van der Waals surface area contributed by atoms with E-state index in [1.165, 1.54) is 0 Å². The zero-order valence-electron chi connectivity index (χ0n) is 10.2. The lowest BCUT2D eigenvalue weighted by Crippen LogP contribution is -2.11. The van der Waals surface area contributed by atoms with Gasteiger partial charge in [0.1, 0.15) is 11.2 Å². The van der Waals surface area contributed by atoms with Crippen LogP contribution in [-0.4, -0.2) is 11.8 Å². The quantitative estimate of drug-likeness (QED) is 0.728. The lowest BCUT2D eigenvalue weighted by molar-refractivity contribution is -0.115. The number of hydrogen-bond acceptors (Lipinski definition) is 2. The van der Waals surface area contributed by atoms with E-state index in [0.29, 0.717) is 12.3 Å². The SMILES string of the molecule is O=C(CCCl)Nc1ccc2oc3ccccc3c2c1. The van der Waals surface area contributed by atoms with Crippen molar-refractivity contribution in [1.82, 2.24) is 0 Å². The van der Waals surface area contributed by atoms with Crippen molar-refractivity contribution < 1.29 is 9.21 Å². The molecule has 0 aliphatic heterocycles. The van der Waals surface area contributed by atoms with Crippen LogP contribution in [0, 0.1) is 0 Å². The van der Waals surface area contributed by atoms with Crippen LogP contribution in [0.1, 0.15) is 6.42 Å². The minimum atomic E-state index is -0.0813. The number of furan rings is 1. The summed E-state index contributed by atoms with van der Waals surface area (Å²) in [5.41, 5.74) is 2.42. The van der Waals surface area contributed by atoms with Gasteiger partial charge in [0, 0.05) is 28.8 Å². The molecule has 1 heterocycles. The predicted molar refractivity (Wildman–Crippen MR) is 77.7 cm³/mol. The maximum atomic E-state index is 11.5. The maximum absolute atomic E-state index is 11.5. The van der Waals surface area contributed by atoms with Crippen molar-refractivity contribution >= 4 is 45.1 Å². The average Bonchev–Trinajstić information content (AvgIpc) is 2.77. The molecule has 0 aliphatic rings. The number of hydrogen-bond donors (Lipinski definition) is 1. The molecule has 2 aromatic carbocycles. The molecule has 0 unspecified atom stereocenters. The van der Waals surface area contributed by atoms with E-state index in [2.05, 4.69) is 5.32 Å². The van der Waals surface area contributed by atoms with Gasteiger partial charge in [-0.15, -0.1) is 11.6 Å². The van der Waals surface area contributed by atoms with E-state index in [1.54, 1.807) is 0 Å². The van der Waals surface area contributed by atoms with Crippen molar-refractivity contribution in [2.75, 3.05) is 11.2 Å². The standard InChI is InChI=1S/C15H12ClNO2/c16-8-7-15(18)17-10-5-6-14-12(9-10)11-3-1-2-4-13(11)19-14/h1-6,9H,7-8H2,(H,17,18). The zero-order valence-corrected chi connectivity index (χ0v) is 10.9. The largest absolute Gasteiger partial charge is 0.456 e. The third kappa shape index (κ3) is 2.29. The fourth-order valence-electron chi connectivity index (χ4n) is 2.11. The zero-order chi connectivity index (χ0) is 13.2. The van der Waals surface area contributed by atoms with Crippen molar-refractivity contribution in [3.05, 3.63) is 42.5 Å². The Morgan fingerprint density at radius 3 is 2.74 bits per heavy atom. The Balaban J connectivity index is 2.04. The number of rotatable bonds is 3. The molecule has 4 heteroatoms. The van der Waals surface area contributed by atoms with Gasteiger partial charge in [0.15, 0.2) is 0 Å². The third-order valence-corrected chi connectivity index (χ3v) is 3.17. The van der Waals surface area contributed by atoms with Crippen LogP contribution in [-0.2, 0) is 4.79 Å². The molecule has 0 radical (unpaired) electrons. The molecule has 1 amide bonds. The van der Waals surface area contributed by atoms with Crippen molar-refractivity contribution in [1.29, 1.82) is 0 Å². The van der Waals surface area contributed by atoms with Crippen LogP contribution >= 0.6 is 11.6 Å². The first-order valence-corrected chi connectivity index (χ1v) is 6.58. The minimum Gasteiger partial charge on any atom is -0.456 e. The summed E-state index contributed by atoms with van der Waals surface area (Å²) in [6.07, 6.45) is 0.311. The number of anilines is 1. The first-order valence-electron chi connectivity index (χ1n) is 6.05. The van der Waals surface area contributed by atoms with Crippen molar-refractivity contribution in [3.8, 4) is 0 Å². The second-order valence-corrected chi connectivity index (χ2v) is 4.67. The topological polar surface area (TPSA) is 42.2 Å². The summed E-state index contributed by atoms with van der Waals surface area (Å²) in [5, 5.41) is 4.87. The molecule has 1 N–H and O–H groups in total. The van der Waals surface area contributed by atoms with E-state index in [9.17, 15) is 4.79 Å². The van der Waals surface area contributed by atoms with Crippen molar-refractivity contribution in [2.45, 2.75) is 6.42 Å². The smallest absolute Gasteiger partial charge is 0.225 e. The predicted octanol–water partition coefficient (Wildman–Crippen LogP) is 4.15.